The molecule has 0 aliphatic rings. The number of aliphatic carboxylic acids is 2. The topological polar surface area (TPSA) is 107 Å². The minimum atomic E-state index is -1.44. The van der Waals surface area contributed by atoms with Gasteiger partial charge < -0.3 is 20.4 Å². The number of hydrogen-bond donors (Lipinski definition) is 3. The molecule has 0 aliphatic heterocycles. The smallest absolute Gasteiger partial charge is 0.326 e. The molecule has 1 aromatic heterocycles. The second-order valence-corrected chi connectivity index (χ2v) is 5.77. The molecule has 0 unspecified atom stereocenters. The number of nitrogens with zero attached hydrogens (tertiary/aromatic N) is 1. The summed E-state index contributed by atoms with van der Waals surface area (Å²) in [5.74, 6) is -2.65. The highest BCUT2D eigenvalue weighted by molar-refractivity contribution is 7.09. The molecular weight excluding hydrogens is 296 g/mol. The van der Waals surface area contributed by atoms with Crippen molar-refractivity contribution >= 4 is 29.3 Å². The first kappa shape index (κ1) is 17.0. The van der Waals surface area contributed by atoms with Crippen LogP contribution in [0.4, 0.5) is 4.79 Å². The third-order valence-corrected chi connectivity index (χ3v) is 3.63. The standard InChI is InChI=1S/C13H18N2O5S/c1-8(2)15(7-9-4-3-5-21-9)13(20)14-10(12(18)19)6-11(16)17/h3-5,8,10H,6-7H2,1-2H3,(H,14,20)(H,16,17)(H,18,19)/t10-/m1/s1. The van der Waals surface area contributed by atoms with Gasteiger partial charge in [-0.25, -0.2) is 9.59 Å². The molecule has 0 saturated carbocycles. The number of urea groups is 1. The molecule has 0 fully saturated rings. The zero-order valence-electron chi connectivity index (χ0n) is 11.8. The Morgan fingerprint density at radius 1 is 1.33 bits per heavy atom. The van der Waals surface area contributed by atoms with E-state index in [0.29, 0.717) is 6.54 Å². The zero-order valence-corrected chi connectivity index (χ0v) is 12.6. The minimum absolute atomic E-state index is 0.147. The Labute approximate surface area is 126 Å². The summed E-state index contributed by atoms with van der Waals surface area (Å²) in [7, 11) is 0. The van der Waals surface area contributed by atoms with E-state index in [1.165, 1.54) is 16.2 Å². The summed E-state index contributed by atoms with van der Waals surface area (Å²) < 4.78 is 0. The van der Waals surface area contributed by atoms with Gasteiger partial charge in [-0.3, -0.25) is 4.79 Å². The highest BCUT2D eigenvalue weighted by atomic mass is 32.1. The molecule has 1 rings (SSSR count). The van der Waals surface area contributed by atoms with Crippen LogP contribution in [0.15, 0.2) is 17.5 Å². The fourth-order valence-electron chi connectivity index (χ4n) is 1.67. The molecular formula is C13H18N2O5S. The van der Waals surface area contributed by atoms with Crippen LogP contribution in [0, 0.1) is 0 Å². The molecule has 0 aliphatic carbocycles. The maximum atomic E-state index is 12.2. The van der Waals surface area contributed by atoms with Crippen molar-refractivity contribution in [2.24, 2.45) is 0 Å². The number of carbonyl (C=O) groups excluding carboxylic acids is 1. The van der Waals surface area contributed by atoms with Gasteiger partial charge in [-0.2, -0.15) is 0 Å². The summed E-state index contributed by atoms with van der Waals surface area (Å²) in [4.78, 5) is 36.2. The first-order valence-corrected chi connectivity index (χ1v) is 7.23. The van der Waals surface area contributed by atoms with E-state index in [0.717, 1.165) is 4.88 Å². The van der Waals surface area contributed by atoms with Gasteiger partial charge in [0.15, 0.2) is 0 Å². The fourth-order valence-corrected chi connectivity index (χ4v) is 2.37. The van der Waals surface area contributed by atoms with Crippen molar-refractivity contribution in [1.82, 2.24) is 10.2 Å². The number of thiophene rings is 1. The van der Waals surface area contributed by atoms with Gasteiger partial charge in [0.25, 0.3) is 0 Å². The second-order valence-electron chi connectivity index (χ2n) is 4.74. The van der Waals surface area contributed by atoms with Crippen LogP contribution in [0.2, 0.25) is 0 Å². The van der Waals surface area contributed by atoms with E-state index in [-0.39, 0.29) is 6.04 Å². The summed E-state index contributed by atoms with van der Waals surface area (Å²) in [6.07, 6.45) is -0.661. The molecule has 21 heavy (non-hydrogen) atoms. The molecule has 1 aromatic rings. The predicted molar refractivity (Wildman–Crippen MR) is 77.2 cm³/mol. The Morgan fingerprint density at radius 2 is 2.00 bits per heavy atom. The van der Waals surface area contributed by atoms with E-state index in [4.69, 9.17) is 10.2 Å². The molecule has 2 amide bonds. The SMILES string of the molecule is CC(C)N(Cc1cccs1)C(=O)N[C@H](CC(=O)O)C(=O)O. The van der Waals surface area contributed by atoms with Crippen molar-refractivity contribution in [2.45, 2.75) is 38.9 Å². The predicted octanol–water partition coefficient (Wildman–Crippen LogP) is 1.60. The van der Waals surface area contributed by atoms with Gasteiger partial charge >= 0.3 is 18.0 Å². The Kier molecular flexibility index (Phi) is 6.16. The summed E-state index contributed by atoms with van der Waals surface area (Å²) in [5.41, 5.74) is 0. The maximum Gasteiger partial charge on any atom is 0.326 e. The van der Waals surface area contributed by atoms with Gasteiger partial charge in [-0.05, 0) is 25.3 Å². The van der Waals surface area contributed by atoms with Gasteiger partial charge in [-0.15, -0.1) is 11.3 Å². The molecule has 116 valence electrons. The Bertz CT molecular complexity index is 501. The van der Waals surface area contributed by atoms with Crippen LogP contribution >= 0.6 is 11.3 Å². The summed E-state index contributed by atoms with van der Waals surface area (Å²) in [6.45, 7) is 3.96. The van der Waals surface area contributed by atoms with Gasteiger partial charge in [0.1, 0.15) is 6.04 Å². The Balaban J connectivity index is 2.75. The molecule has 1 heterocycles. The van der Waals surface area contributed by atoms with E-state index in [9.17, 15) is 14.4 Å². The third-order valence-electron chi connectivity index (χ3n) is 2.77. The van der Waals surface area contributed by atoms with Crippen LogP contribution < -0.4 is 5.32 Å². The molecule has 0 aromatic carbocycles. The molecule has 7 nitrogen and oxygen atoms in total. The number of nitrogens with one attached hydrogen (secondary N) is 1. The average Bonchev–Trinajstić information content (AvgIpc) is 2.86. The lowest BCUT2D eigenvalue weighted by Gasteiger charge is -2.27. The number of carbonyl (C=O) groups is 3. The maximum absolute atomic E-state index is 12.2. The fraction of sp³-hybridized carbons (Fsp3) is 0.462. The normalized spacial score (nSPS) is 12.0. The lowest BCUT2D eigenvalue weighted by Crippen LogP contribution is -2.50. The molecule has 0 radical (unpaired) electrons. The summed E-state index contributed by atoms with van der Waals surface area (Å²) in [5, 5.41) is 21.8. The van der Waals surface area contributed by atoms with Crippen LogP contribution in [-0.2, 0) is 16.1 Å². The molecule has 0 spiro atoms. The van der Waals surface area contributed by atoms with Crippen molar-refractivity contribution in [2.75, 3.05) is 0 Å². The molecule has 3 N–H and O–H groups in total. The third kappa shape index (κ3) is 5.42. The van der Waals surface area contributed by atoms with Crippen molar-refractivity contribution in [3.8, 4) is 0 Å². The largest absolute Gasteiger partial charge is 0.481 e. The quantitative estimate of drug-likeness (QED) is 0.708. The van der Waals surface area contributed by atoms with Gasteiger partial charge in [-0.1, -0.05) is 6.07 Å². The van der Waals surface area contributed by atoms with Crippen molar-refractivity contribution in [1.29, 1.82) is 0 Å². The average molecular weight is 314 g/mol. The van der Waals surface area contributed by atoms with Crippen molar-refractivity contribution in [3.05, 3.63) is 22.4 Å². The highest BCUT2D eigenvalue weighted by Gasteiger charge is 2.26. The minimum Gasteiger partial charge on any atom is -0.481 e. The van der Waals surface area contributed by atoms with E-state index >= 15 is 0 Å². The first-order valence-electron chi connectivity index (χ1n) is 6.35. The molecule has 0 bridgehead atoms. The van der Waals surface area contributed by atoms with Gasteiger partial charge in [0, 0.05) is 10.9 Å². The number of carboxylic acid groups (broad SMARTS) is 2. The van der Waals surface area contributed by atoms with Gasteiger partial charge in [0.2, 0.25) is 0 Å². The van der Waals surface area contributed by atoms with E-state index in [1.807, 2.05) is 17.5 Å². The lowest BCUT2D eigenvalue weighted by atomic mass is 10.2. The summed E-state index contributed by atoms with van der Waals surface area (Å²) >= 11 is 1.49. The number of hydrogen-bond acceptors (Lipinski definition) is 4. The van der Waals surface area contributed by atoms with Crippen LogP contribution in [0.25, 0.3) is 0 Å². The second kappa shape index (κ2) is 7.63. The summed E-state index contributed by atoms with van der Waals surface area (Å²) in [6, 6.07) is 1.55. The van der Waals surface area contributed by atoms with Crippen molar-refractivity contribution in [3.63, 3.8) is 0 Å². The number of rotatable bonds is 7. The lowest BCUT2D eigenvalue weighted by molar-refractivity contribution is -0.145. The Morgan fingerprint density at radius 3 is 2.43 bits per heavy atom. The van der Waals surface area contributed by atoms with Gasteiger partial charge in [0.05, 0.1) is 13.0 Å². The monoisotopic (exact) mass is 314 g/mol. The highest BCUT2D eigenvalue weighted by Crippen LogP contribution is 2.14. The van der Waals surface area contributed by atoms with Crippen LogP contribution in [0.1, 0.15) is 25.1 Å². The number of amides is 2. The van der Waals surface area contributed by atoms with Crippen LogP contribution in [0.3, 0.4) is 0 Å². The molecule has 0 saturated heterocycles. The van der Waals surface area contributed by atoms with Crippen LogP contribution in [-0.4, -0.2) is 45.2 Å². The van der Waals surface area contributed by atoms with E-state index in [1.54, 1.807) is 13.8 Å². The van der Waals surface area contributed by atoms with E-state index in [2.05, 4.69) is 5.32 Å². The first-order chi connectivity index (χ1) is 9.81. The molecule has 1 atom stereocenters. The number of carboxylic acids is 2. The molecule has 8 heteroatoms. The zero-order chi connectivity index (χ0) is 16.0. The Hall–Kier alpha value is -2.09. The van der Waals surface area contributed by atoms with E-state index < -0.39 is 30.4 Å². The van der Waals surface area contributed by atoms with Crippen LogP contribution in [0.5, 0.6) is 0 Å². The van der Waals surface area contributed by atoms with Crippen molar-refractivity contribution < 1.29 is 24.6 Å².